The van der Waals surface area contributed by atoms with Crippen LogP contribution in [-0.4, -0.2) is 0 Å². The minimum atomic E-state index is -0.206. The van der Waals surface area contributed by atoms with Gasteiger partial charge in [-0.05, 0) is 52.4 Å². The highest BCUT2D eigenvalue weighted by molar-refractivity contribution is 5.15. The monoisotopic (exact) mass is 203 g/mol. The van der Waals surface area contributed by atoms with Gasteiger partial charge in [-0.25, -0.2) is 0 Å². The van der Waals surface area contributed by atoms with Crippen molar-refractivity contribution in [3.05, 3.63) is 23.8 Å². The summed E-state index contributed by atoms with van der Waals surface area (Å²) in [6.07, 6.45) is 6.71. The lowest BCUT2D eigenvalue weighted by atomic mass is 9.79. The van der Waals surface area contributed by atoms with E-state index in [-0.39, 0.29) is 5.41 Å². The lowest BCUT2D eigenvalue weighted by Gasteiger charge is -2.25. The van der Waals surface area contributed by atoms with Gasteiger partial charge in [-0.3, -0.25) is 0 Å². The molecular weight excluding hydrogens is 182 g/mol. The predicted octanol–water partition coefficient (Wildman–Crippen LogP) is 4.23. The molecular formula is C14H21N. The topological polar surface area (TPSA) is 23.8 Å². The van der Waals surface area contributed by atoms with Gasteiger partial charge in [0, 0.05) is 0 Å². The number of nitriles is 1. The van der Waals surface area contributed by atoms with E-state index >= 15 is 0 Å². The van der Waals surface area contributed by atoms with Gasteiger partial charge in [0.1, 0.15) is 0 Å². The summed E-state index contributed by atoms with van der Waals surface area (Å²) in [6, 6.07) is 2.36. The maximum atomic E-state index is 8.97. The molecule has 0 aromatic carbocycles. The van der Waals surface area contributed by atoms with Crippen molar-refractivity contribution < 1.29 is 0 Å². The van der Waals surface area contributed by atoms with Gasteiger partial charge in [0.05, 0.1) is 11.5 Å². The van der Waals surface area contributed by atoms with Crippen LogP contribution in [0.2, 0.25) is 0 Å². The Morgan fingerprint density at radius 3 is 2.73 bits per heavy atom. The first kappa shape index (κ1) is 12.0. The Hall–Kier alpha value is -1.03. The molecule has 1 aliphatic carbocycles. The van der Waals surface area contributed by atoms with Crippen LogP contribution in [0.4, 0.5) is 0 Å². The molecule has 0 saturated heterocycles. The second-order valence-electron chi connectivity index (χ2n) is 5.35. The SMILES string of the molecule is C=C(C)C1CC=C(CC(C)(C)C#N)CC1. The molecule has 0 radical (unpaired) electrons. The van der Waals surface area contributed by atoms with Gasteiger partial charge < -0.3 is 0 Å². The molecule has 1 heteroatoms. The number of hydrogen-bond donors (Lipinski definition) is 0. The van der Waals surface area contributed by atoms with E-state index in [4.69, 9.17) is 5.26 Å². The van der Waals surface area contributed by atoms with Gasteiger partial charge in [0.25, 0.3) is 0 Å². The Labute approximate surface area is 93.5 Å². The standard InChI is InChI=1S/C14H21N/c1-11(2)13-7-5-12(6-8-13)9-14(3,4)10-15/h5,13H,1,6-9H2,2-4H3. The minimum Gasteiger partial charge on any atom is -0.198 e. The van der Waals surface area contributed by atoms with Crippen LogP contribution in [0.3, 0.4) is 0 Å². The van der Waals surface area contributed by atoms with Gasteiger partial charge >= 0.3 is 0 Å². The second-order valence-corrected chi connectivity index (χ2v) is 5.35. The summed E-state index contributed by atoms with van der Waals surface area (Å²) in [5.41, 5.74) is 2.55. The summed E-state index contributed by atoms with van der Waals surface area (Å²) in [5, 5.41) is 8.97. The van der Waals surface area contributed by atoms with E-state index in [2.05, 4.69) is 25.6 Å². The zero-order valence-electron chi connectivity index (χ0n) is 10.1. The Bertz CT molecular complexity index is 315. The highest BCUT2D eigenvalue weighted by Gasteiger charge is 2.22. The van der Waals surface area contributed by atoms with Gasteiger partial charge in [0.15, 0.2) is 0 Å². The van der Waals surface area contributed by atoms with Crippen molar-refractivity contribution in [2.45, 2.75) is 46.5 Å². The van der Waals surface area contributed by atoms with Crippen molar-refractivity contribution in [3.8, 4) is 6.07 Å². The van der Waals surface area contributed by atoms with Crippen molar-refractivity contribution in [2.24, 2.45) is 11.3 Å². The summed E-state index contributed by atoms with van der Waals surface area (Å²) >= 11 is 0. The molecule has 0 amide bonds. The predicted molar refractivity (Wildman–Crippen MR) is 64.2 cm³/mol. The Balaban J connectivity index is 2.55. The van der Waals surface area contributed by atoms with Gasteiger partial charge in [-0.2, -0.15) is 5.26 Å². The Morgan fingerprint density at radius 2 is 2.33 bits per heavy atom. The summed E-state index contributed by atoms with van der Waals surface area (Å²) in [4.78, 5) is 0. The molecule has 1 rings (SSSR count). The van der Waals surface area contributed by atoms with Crippen LogP contribution in [0.5, 0.6) is 0 Å². The number of hydrogen-bond acceptors (Lipinski definition) is 1. The van der Waals surface area contributed by atoms with Gasteiger partial charge in [-0.1, -0.05) is 23.8 Å². The van der Waals surface area contributed by atoms with Crippen molar-refractivity contribution in [2.75, 3.05) is 0 Å². The molecule has 0 aromatic heterocycles. The first-order valence-corrected chi connectivity index (χ1v) is 5.69. The molecule has 0 aromatic rings. The summed E-state index contributed by atoms with van der Waals surface area (Å²) in [6.45, 7) is 10.2. The quantitative estimate of drug-likeness (QED) is 0.630. The van der Waals surface area contributed by atoms with Crippen molar-refractivity contribution >= 4 is 0 Å². The molecule has 1 unspecified atom stereocenters. The fourth-order valence-electron chi connectivity index (χ4n) is 2.10. The minimum absolute atomic E-state index is 0.206. The summed E-state index contributed by atoms with van der Waals surface area (Å²) in [7, 11) is 0. The third-order valence-corrected chi connectivity index (χ3v) is 3.17. The molecule has 82 valence electrons. The molecule has 1 nitrogen and oxygen atoms in total. The zero-order chi connectivity index (χ0) is 11.5. The molecule has 0 bridgehead atoms. The highest BCUT2D eigenvalue weighted by atomic mass is 14.3. The lowest BCUT2D eigenvalue weighted by Crippen LogP contribution is -2.13. The van der Waals surface area contributed by atoms with E-state index in [9.17, 15) is 0 Å². The average molecular weight is 203 g/mol. The third kappa shape index (κ3) is 3.55. The number of rotatable bonds is 3. The van der Waals surface area contributed by atoms with Crippen LogP contribution >= 0.6 is 0 Å². The normalized spacial score (nSPS) is 21.7. The molecule has 0 spiro atoms. The molecule has 0 heterocycles. The molecule has 1 atom stereocenters. The van der Waals surface area contributed by atoms with E-state index in [0.717, 1.165) is 19.3 Å². The van der Waals surface area contributed by atoms with E-state index in [0.29, 0.717) is 5.92 Å². The Morgan fingerprint density at radius 1 is 1.67 bits per heavy atom. The molecule has 0 aliphatic heterocycles. The van der Waals surface area contributed by atoms with Crippen LogP contribution in [0.25, 0.3) is 0 Å². The molecule has 0 saturated carbocycles. The first-order valence-electron chi connectivity index (χ1n) is 5.69. The molecule has 15 heavy (non-hydrogen) atoms. The van der Waals surface area contributed by atoms with Crippen LogP contribution in [0.15, 0.2) is 23.8 Å². The first-order chi connectivity index (χ1) is 6.94. The van der Waals surface area contributed by atoms with Crippen LogP contribution in [0.1, 0.15) is 46.5 Å². The highest BCUT2D eigenvalue weighted by Crippen LogP contribution is 2.34. The summed E-state index contributed by atoms with van der Waals surface area (Å²) in [5.74, 6) is 0.666. The van der Waals surface area contributed by atoms with Crippen LogP contribution in [0, 0.1) is 22.7 Å². The van der Waals surface area contributed by atoms with E-state index in [1.165, 1.54) is 17.6 Å². The zero-order valence-corrected chi connectivity index (χ0v) is 10.1. The molecule has 1 aliphatic rings. The van der Waals surface area contributed by atoms with Crippen molar-refractivity contribution in [1.29, 1.82) is 5.26 Å². The summed E-state index contributed by atoms with van der Waals surface area (Å²) < 4.78 is 0. The average Bonchev–Trinajstić information content (AvgIpc) is 2.18. The fourth-order valence-corrected chi connectivity index (χ4v) is 2.10. The lowest BCUT2D eigenvalue weighted by molar-refractivity contribution is 0.453. The van der Waals surface area contributed by atoms with E-state index in [1.54, 1.807) is 0 Å². The Kier molecular flexibility index (Phi) is 3.74. The van der Waals surface area contributed by atoms with E-state index < -0.39 is 0 Å². The third-order valence-electron chi connectivity index (χ3n) is 3.17. The van der Waals surface area contributed by atoms with Crippen LogP contribution in [-0.2, 0) is 0 Å². The second kappa shape index (κ2) is 4.66. The molecule has 0 fully saturated rings. The van der Waals surface area contributed by atoms with Crippen LogP contribution < -0.4 is 0 Å². The maximum absolute atomic E-state index is 8.97. The van der Waals surface area contributed by atoms with Gasteiger partial charge in [0.2, 0.25) is 0 Å². The van der Waals surface area contributed by atoms with Crippen molar-refractivity contribution in [3.63, 3.8) is 0 Å². The number of allylic oxidation sites excluding steroid dienone is 3. The van der Waals surface area contributed by atoms with Crippen molar-refractivity contribution in [1.82, 2.24) is 0 Å². The largest absolute Gasteiger partial charge is 0.198 e. The molecule has 0 N–H and O–H groups in total. The number of nitrogens with zero attached hydrogens (tertiary/aromatic N) is 1. The fraction of sp³-hybridized carbons (Fsp3) is 0.643. The maximum Gasteiger partial charge on any atom is 0.0687 e. The van der Waals surface area contributed by atoms with E-state index in [1.807, 2.05) is 13.8 Å². The van der Waals surface area contributed by atoms with Gasteiger partial charge in [-0.15, -0.1) is 0 Å². The smallest absolute Gasteiger partial charge is 0.0687 e.